The maximum absolute atomic E-state index is 11.3. The number of hydrogen-bond donors (Lipinski definition) is 2. The topological polar surface area (TPSA) is 108 Å². The van der Waals surface area contributed by atoms with Gasteiger partial charge in [-0.1, -0.05) is 60.7 Å². The fourth-order valence-electron chi connectivity index (χ4n) is 4.51. The van der Waals surface area contributed by atoms with Crippen molar-refractivity contribution >= 4 is 17.0 Å². The maximum Gasteiger partial charge on any atom is 0.165 e. The molecule has 0 saturated heterocycles. The number of aliphatic hydroxyl groups excluding tert-OH is 1. The number of nitrogens with zero attached hydrogens (tertiary/aromatic N) is 4. The molecular weight excluding hydrogens is 418 g/mol. The minimum Gasteiger partial charge on any atom is -0.390 e. The Balaban J connectivity index is 1.35. The highest BCUT2D eigenvalue weighted by atomic mass is 16.5. The summed E-state index contributed by atoms with van der Waals surface area (Å²) in [6, 6.07) is 19.8. The number of ether oxygens (including phenoxy) is 2. The SMILES string of the molecule is Nc1ncnc2c1ncn2[C@H]1C[C@H](OCc2ccccc2)[C@H](COCc2ccccc2)[C@@H]1O. The first-order chi connectivity index (χ1) is 16.2. The second-order valence-electron chi connectivity index (χ2n) is 8.38. The van der Waals surface area contributed by atoms with Crippen LogP contribution in [0.25, 0.3) is 11.2 Å². The van der Waals surface area contributed by atoms with E-state index in [4.69, 9.17) is 15.2 Å². The van der Waals surface area contributed by atoms with E-state index in [9.17, 15) is 5.11 Å². The number of hydrogen-bond acceptors (Lipinski definition) is 7. The molecule has 0 spiro atoms. The van der Waals surface area contributed by atoms with Gasteiger partial charge in [0.15, 0.2) is 11.5 Å². The number of nitrogens with two attached hydrogens (primary N) is 1. The molecule has 3 N–H and O–H groups in total. The van der Waals surface area contributed by atoms with Crippen molar-refractivity contribution in [2.45, 2.75) is 37.9 Å². The van der Waals surface area contributed by atoms with Crippen LogP contribution in [0.4, 0.5) is 5.82 Å². The molecule has 170 valence electrons. The van der Waals surface area contributed by atoms with Gasteiger partial charge in [0.1, 0.15) is 11.8 Å². The fraction of sp³-hybridized carbons (Fsp3) is 0.320. The monoisotopic (exact) mass is 445 g/mol. The summed E-state index contributed by atoms with van der Waals surface area (Å²) in [5, 5.41) is 11.3. The smallest absolute Gasteiger partial charge is 0.165 e. The third-order valence-electron chi connectivity index (χ3n) is 6.26. The summed E-state index contributed by atoms with van der Waals surface area (Å²) in [6.45, 7) is 1.34. The number of aliphatic hydroxyl groups is 1. The summed E-state index contributed by atoms with van der Waals surface area (Å²) in [7, 11) is 0. The van der Waals surface area contributed by atoms with E-state index in [1.165, 1.54) is 6.33 Å². The Morgan fingerprint density at radius 3 is 2.36 bits per heavy atom. The van der Waals surface area contributed by atoms with Crippen LogP contribution in [0.3, 0.4) is 0 Å². The molecule has 0 unspecified atom stereocenters. The van der Waals surface area contributed by atoms with Crippen LogP contribution in [0.5, 0.6) is 0 Å². The Labute approximate surface area is 192 Å². The van der Waals surface area contributed by atoms with Gasteiger partial charge in [-0.3, -0.25) is 0 Å². The van der Waals surface area contributed by atoms with E-state index < -0.39 is 6.10 Å². The fourth-order valence-corrected chi connectivity index (χ4v) is 4.51. The van der Waals surface area contributed by atoms with E-state index in [-0.39, 0.29) is 18.1 Å². The van der Waals surface area contributed by atoms with Crippen LogP contribution < -0.4 is 5.73 Å². The molecule has 0 radical (unpaired) electrons. The third kappa shape index (κ3) is 4.59. The zero-order valence-electron chi connectivity index (χ0n) is 18.2. The van der Waals surface area contributed by atoms with Crippen molar-refractivity contribution in [3.8, 4) is 0 Å². The van der Waals surface area contributed by atoms with E-state index in [0.29, 0.717) is 43.2 Å². The third-order valence-corrected chi connectivity index (χ3v) is 6.26. The lowest BCUT2D eigenvalue weighted by Crippen LogP contribution is -2.31. The van der Waals surface area contributed by atoms with Crippen molar-refractivity contribution < 1.29 is 14.6 Å². The van der Waals surface area contributed by atoms with Crippen molar-refractivity contribution in [2.24, 2.45) is 5.92 Å². The van der Waals surface area contributed by atoms with Gasteiger partial charge < -0.3 is 24.9 Å². The molecule has 1 fully saturated rings. The number of fused-ring (bicyclic) bond motifs is 1. The molecular formula is C25H27N5O3. The minimum absolute atomic E-state index is 0.183. The van der Waals surface area contributed by atoms with Gasteiger partial charge in [-0.15, -0.1) is 0 Å². The quantitative estimate of drug-likeness (QED) is 0.429. The molecule has 1 saturated carbocycles. The van der Waals surface area contributed by atoms with Crippen molar-refractivity contribution in [3.63, 3.8) is 0 Å². The lowest BCUT2D eigenvalue weighted by Gasteiger charge is -2.23. The van der Waals surface area contributed by atoms with Crippen LogP contribution in [-0.2, 0) is 22.7 Å². The lowest BCUT2D eigenvalue weighted by molar-refractivity contribution is -0.0475. The van der Waals surface area contributed by atoms with E-state index in [1.807, 2.05) is 65.2 Å². The van der Waals surface area contributed by atoms with Crippen LogP contribution in [0.1, 0.15) is 23.6 Å². The number of rotatable bonds is 8. The number of imidazole rings is 1. The summed E-state index contributed by atoms with van der Waals surface area (Å²) in [4.78, 5) is 12.7. The van der Waals surface area contributed by atoms with Gasteiger partial charge in [-0.2, -0.15) is 0 Å². The zero-order valence-corrected chi connectivity index (χ0v) is 18.2. The van der Waals surface area contributed by atoms with Gasteiger partial charge in [-0.05, 0) is 17.5 Å². The van der Waals surface area contributed by atoms with Gasteiger partial charge in [0, 0.05) is 5.92 Å². The van der Waals surface area contributed by atoms with Crippen molar-refractivity contribution in [3.05, 3.63) is 84.4 Å². The van der Waals surface area contributed by atoms with Gasteiger partial charge in [0.2, 0.25) is 0 Å². The molecule has 0 amide bonds. The molecule has 2 heterocycles. The van der Waals surface area contributed by atoms with Crippen LogP contribution in [0, 0.1) is 5.92 Å². The molecule has 0 bridgehead atoms. The molecule has 33 heavy (non-hydrogen) atoms. The van der Waals surface area contributed by atoms with E-state index >= 15 is 0 Å². The van der Waals surface area contributed by atoms with Crippen molar-refractivity contribution in [1.82, 2.24) is 19.5 Å². The molecule has 0 aliphatic heterocycles. The predicted molar refractivity (Wildman–Crippen MR) is 124 cm³/mol. The average Bonchev–Trinajstić information content (AvgIpc) is 3.41. The standard InChI is InChI=1S/C25H27N5O3/c26-24-22-25(28-15-27-24)30(16-29-22)20-11-21(33-13-18-9-5-2-6-10-18)19(23(20)31)14-32-12-17-7-3-1-4-8-17/h1-10,15-16,19-21,23,31H,11-14H2,(H2,26,27,28)/t19-,20-,21-,23-/m0/s1. The summed E-state index contributed by atoms with van der Waals surface area (Å²) >= 11 is 0. The summed E-state index contributed by atoms with van der Waals surface area (Å²) in [6.07, 6.45) is 2.84. The van der Waals surface area contributed by atoms with Crippen LogP contribution in [-0.4, -0.2) is 43.4 Å². The molecule has 8 heteroatoms. The molecule has 5 rings (SSSR count). The van der Waals surface area contributed by atoms with Crippen LogP contribution in [0.2, 0.25) is 0 Å². The van der Waals surface area contributed by atoms with Crippen LogP contribution >= 0.6 is 0 Å². The molecule has 2 aromatic heterocycles. The molecule has 4 aromatic rings. The highest BCUT2D eigenvalue weighted by Gasteiger charge is 2.44. The van der Waals surface area contributed by atoms with Crippen molar-refractivity contribution in [2.75, 3.05) is 12.3 Å². The molecule has 1 aliphatic rings. The van der Waals surface area contributed by atoms with Gasteiger partial charge in [-0.25, -0.2) is 15.0 Å². The molecule has 4 atom stereocenters. The summed E-state index contributed by atoms with van der Waals surface area (Å²) in [5.41, 5.74) is 9.29. The number of anilines is 1. The maximum atomic E-state index is 11.3. The first-order valence-electron chi connectivity index (χ1n) is 11.1. The number of nitrogen functional groups attached to an aromatic ring is 1. The number of aromatic nitrogens is 4. The first-order valence-corrected chi connectivity index (χ1v) is 11.1. The lowest BCUT2D eigenvalue weighted by atomic mass is 10.0. The van der Waals surface area contributed by atoms with Gasteiger partial charge >= 0.3 is 0 Å². The molecule has 8 nitrogen and oxygen atoms in total. The highest BCUT2D eigenvalue weighted by Crippen LogP contribution is 2.39. The highest BCUT2D eigenvalue weighted by molar-refractivity contribution is 5.81. The van der Waals surface area contributed by atoms with Crippen molar-refractivity contribution in [1.29, 1.82) is 0 Å². The predicted octanol–water partition coefficient (Wildman–Crippen LogP) is 3.13. The first kappa shape index (κ1) is 21.5. The average molecular weight is 446 g/mol. The Hall–Kier alpha value is -3.33. The Kier molecular flexibility index (Phi) is 6.30. The van der Waals surface area contributed by atoms with E-state index in [1.54, 1.807) is 6.33 Å². The Bertz CT molecular complexity index is 1180. The largest absolute Gasteiger partial charge is 0.390 e. The number of benzene rings is 2. The Morgan fingerprint density at radius 1 is 0.939 bits per heavy atom. The second-order valence-corrected chi connectivity index (χ2v) is 8.38. The second kappa shape index (κ2) is 9.66. The zero-order chi connectivity index (χ0) is 22.6. The summed E-state index contributed by atoms with van der Waals surface area (Å²) in [5.74, 6) is 0.130. The molecule has 2 aromatic carbocycles. The van der Waals surface area contributed by atoms with Gasteiger partial charge in [0.05, 0.1) is 44.4 Å². The van der Waals surface area contributed by atoms with E-state index in [2.05, 4.69) is 15.0 Å². The van der Waals surface area contributed by atoms with E-state index in [0.717, 1.165) is 11.1 Å². The Morgan fingerprint density at radius 2 is 1.64 bits per heavy atom. The molecule has 1 aliphatic carbocycles. The minimum atomic E-state index is -0.685. The summed E-state index contributed by atoms with van der Waals surface area (Å²) < 4.78 is 14.2. The van der Waals surface area contributed by atoms with Gasteiger partial charge in [0.25, 0.3) is 0 Å². The van der Waals surface area contributed by atoms with Crippen LogP contribution in [0.15, 0.2) is 73.3 Å². The normalized spacial score (nSPS) is 22.7.